The highest BCUT2D eigenvalue weighted by Gasteiger charge is 2.58. The molecule has 1 aromatic carbocycles. The Kier molecular flexibility index (Phi) is 8.08. The summed E-state index contributed by atoms with van der Waals surface area (Å²) in [5.74, 6) is -0.684. The van der Waals surface area contributed by atoms with Crippen LogP contribution >= 0.6 is 22.9 Å². The highest BCUT2D eigenvalue weighted by atomic mass is 35.5. The fraction of sp³-hybridized carbons (Fsp3) is 0.500. The van der Waals surface area contributed by atoms with E-state index in [1.54, 1.807) is 11.6 Å². The predicted molar refractivity (Wildman–Crippen MR) is 166 cm³/mol. The predicted octanol–water partition coefficient (Wildman–Crippen LogP) is 4.59. The summed E-state index contributed by atoms with van der Waals surface area (Å²) >= 11 is 7.86. The van der Waals surface area contributed by atoms with Crippen LogP contribution in [-0.2, 0) is 10.0 Å². The molecule has 2 aromatic heterocycles. The van der Waals surface area contributed by atoms with Crippen LogP contribution in [0.2, 0.25) is 5.02 Å². The summed E-state index contributed by atoms with van der Waals surface area (Å²) in [6.45, 7) is -1.12. The first-order chi connectivity index (χ1) is 21.9. The minimum Gasteiger partial charge on any atom is -0.393 e. The molecule has 3 N–H and O–H groups in total. The van der Waals surface area contributed by atoms with Crippen LogP contribution in [0.4, 0.5) is 13.2 Å². The quantitative estimate of drug-likeness (QED) is 0.314. The SMILES string of the molecule is C[C@H]1CC2C[C@@H](S(=O)(=O)N[C@H]3CC4=C(c5ccn(C(F)F)n5)[C@H](c5ccc(F)cc5Cl)N=C(c5nccs5)N4C3)CC1C2(O)CO. The van der Waals surface area contributed by atoms with E-state index in [-0.39, 0.29) is 54.3 Å². The van der Waals surface area contributed by atoms with Gasteiger partial charge in [-0.1, -0.05) is 24.6 Å². The van der Waals surface area contributed by atoms with E-state index in [0.717, 1.165) is 12.3 Å². The zero-order chi connectivity index (χ0) is 32.5. The molecule has 0 spiro atoms. The number of thiazole rings is 1. The molecule has 3 unspecified atom stereocenters. The van der Waals surface area contributed by atoms with E-state index in [1.165, 1.54) is 29.5 Å². The molecule has 0 radical (unpaired) electrons. The Balaban J connectivity index is 1.27. The molecular weight excluding hydrogens is 665 g/mol. The molecule has 7 atom stereocenters. The molecule has 16 heteroatoms. The van der Waals surface area contributed by atoms with Crippen molar-refractivity contribution in [2.45, 2.75) is 62.1 Å². The van der Waals surface area contributed by atoms with Gasteiger partial charge in [-0.15, -0.1) is 11.3 Å². The largest absolute Gasteiger partial charge is 0.393 e. The first kappa shape index (κ1) is 31.8. The van der Waals surface area contributed by atoms with Crippen LogP contribution in [0.3, 0.4) is 0 Å². The maximum atomic E-state index is 14.1. The molecule has 0 amide bonds. The second-order valence-electron chi connectivity index (χ2n) is 12.6. The van der Waals surface area contributed by atoms with Crippen molar-refractivity contribution in [3.63, 3.8) is 0 Å². The lowest BCUT2D eigenvalue weighted by Gasteiger charge is -2.42. The summed E-state index contributed by atoms with van der Waals surface area (Å²) in [6, 6.07) is 3.85. The number of rotatable bonds is 8. The van der Waals surface area contributed by atoms with Crippen LogP contribution in [0.15, 0.2) is 52.7 Å². The molecule has 3 fully saturated rings. The third kappa shape index (κ3) is 5.28. The van der Waals surface area contributed by atoms with Crippen molar-refractivity contribution in [3.8, 4) is 0 Å². The lowest BCUT2D eigenvalue weighted by Crippen LogP contribution is -2.53. The number of aliphatic imine (C=N–C) groups is 1. The van der Waals surface area contributed by atoms with Crippen LogP contribution in [0.1, 0.15) is 61.5 Å². The molecule has 2 aliphatic carbocycles. The fourth-order valence-corrected chi connectivity index (χ4v) is 10.6. The zero-order valence-electron chi connectivity index (χ0n) is 24.6. The van der Waals surface area contributed by atoms with Gasteiger partial charge in [0.15, 0.2) is 10.8 Å². The number of nitrogens with zero attached hydrogens (tertiary/aromatic N) is 5. The number of hydrogen-bond acceptors (Lipinski definition) is 9. The van der Waals surface area contributed by atoms with E-state index in [2.05, 4.69) is 14.8 Å². The van der Waals surface area contributed by atoms with Crippen LogP contribution in [0, 0.1) is 23.6 Å². The monoisotopic (exact) mass is 696 g/mol. The number of hydrogen-bond donors (Lipinski definition) is 3. The molecular formula is C30H32ClF3N6O4S2. The number of amidine groups is 1. The molecule has 2 aliphatic heterocycles. The number of aliphatic hydroxyl groups excluding tert-OH is 1. The van der Waals surface area contributed by atoms with Gasteiger partial charge >= 0.3 is 6.55 Å². The van der Waals surface area contributed by atoms with E-state index in [0.29, 0.717) is 38.8 Å². The third-order valence-electron chi connectivity index (χ3n) is 10.0. The molecule has 10 nitrogen and oxygen atoms in total. The van der Waals surface area contributed by atoms with E-state index in [9.17, 15) is 31.8 Å². The van der Waals surface area contributed by atoms with Crippen molar-refractivity contribution in [2.75, 3.05) is 13.2 Å². The van der Waals surface area contributed by atoms with Crippen molar-refractivity contribution < 1.29 is 31.8 Å². The van der Waals surface area contributed by atoms with Crippen LogP contribution in [-0.4, -0.2) is 74.2 Å². The van der Waals surface area contributed by atoms with Crippen molar-refractivity contribution in [2.24, 2.45) is 22.7 Å². The van der Waals surface area contributed by atoms with E-state index < -0.39 is 51.9 Å². The first-order valence-corrected chi connectivity index (χ1v) is 17.8. The van der Waals surface area contributed by atoms with Gasteiger partial charge in [0.2, 0.25) is 10.0 Å². The zero-order valence-corrected chi connectivity index (χ0v) is 27.0. The summed E-state index contributed by atoms with van der Waals surface area (Å²) in [5.41, 5.74) is 0.420. The highest BCUT2D eigenvalue weighted by molar-refractivity contribution is 7.90. The molecule has 3 aromatic rings. The lowest BCUT2D eigenvalue weighted by atomic mass is 9.74. The molecule has 7 rings (SSSR count). The number of sulfonamides is 1. The van der Waals surface area contributed by atoms with Gasteiger partial charge in [0, 0.05) is 58.6 Å². The fourth-order valence-electron chi connectivity index (χ4n) is 7.91. The summed E-state index contributed by atoms with van der Waals surface area (Å²) in [6.07, 6.45) is 4.08. The Morgan fingerprint density at radius 3 is 2.70 bits per heavy atom. The van der Waals surface area contributed by atoms with Gasteiger partial charge in [0.05, 0.1) is 23.2 Å². The molecule has 46 heavy (non-hydrogen) atoms. The first-order valence-electron chi connectivity index (χ1n) is 15.0. The van der Waals surface area contributed by atoms with Crippen molar-refractivity contribution in [1.29, 1.82) is 0 Å². The van der Waals surface area contributed by atoms with E-state index in [1.807, 2.05) is 11.8 Å². The van der Waals surface area contributed by atoms with Gasteiger partial charge in [-0.3, -0.25) is 4.99 Å². The lowest BCUT2D eigenvalue weighted by molar-refractivity contribution is -0.0986. The average molecular weight is 697 g/mol. The Hall–Kier alpha value is -2.82. The van der Waals surface area contributed by atoms with Crippen LogP contribution in [0.5, 0.6) is 0 Å². The topological polar surface area (TPSA) is 133 Å². The number of aliphatic hydroxyl groups is 2. The van der Waals surface area contributed by atoms with Gasteiger partial charge < -0.3 is 15.1 Å². The van der Waals surface area contributed by atoms with E-state index in [4.69, 9.17) is 16.6 Å². The van der Waals surface area contributed by atoms with E-state index >= 15 is 0 Å². The molecule has 4 heterocycles. The Morgan fingerprint density at radius 2 is 2.04 bits per heavy atom. The minimum absolute atomic E-state index is 0.0795. The average Bonchev–Trinajstić information content (AvgIpc) is 3.79. The smallest absolute Gasteiger partial charge is 0.333 e. The van der Waals surface area contributed by atoms with Gasteiger partial charge in [-0.2, -0.15) is 13.9 Å². The second-order valence-corrected chi connectivity index (χ2v) is 15.9. The van der Waals surface area contributed by atoms with Crippen LogP contribution < -0.4 is 4.72 Å². The normalized spacial score (nSPS) is 31.1. The van der Waals surface area contributed by atoms with Gasteiger partial charge in [0.25, 0.3) is 0 Å². The maximum Gasteiger partial charge on any atom is 0.333 e. The summed E-state index contributed by atoms with van der Waals surface area (Å²) in [4.78, 5) is 11.3. The van der Waals surface area contributed by atoms with Gasteiger partial charge in [0.1, 0.15) is 11.9 Å². The van der Waals surface area contributed by atoms with Crippen LogP contribution in [0.25, 0.3) is 5.57 Å². The number of nitrogens with one attached hydrogen (secondary N) is 1. The second kappa shape index (κ2) is 11.7. The Bertz CT molecular complexity index is 1820. The highest BCUT2D eigenvalue weighted by Crippen LogP contribution is 2.54. The van der Waals surface area contributed by atoms with Crippen molar-refractivity contribution in [1.82, 2.24) is 24.4 Å². The number of alkyl halides is 2. The maximum absolute atomic E-state index is 14.1. The number of fused-ring (bicyclic) bond motifs is 3. The number of halogens is 4. The number of benzene rings is 1. The summed E-state index contributed by atoms with van der Waals surface area (Å²) < 4.78 is 72.6. The number of aromatic nitrogens is 3. The Morgan fingerprint density at radius 1 is 1.24 bits per heavy atom. The Labute approximate surface area is 272 Å². The van der Waals surface area contributed by atoms with Gasteiger partial charge in [-0.05, 0) is 55.2 Å². The summed E-state index contributed by atoms with van der Waals surface area (Å²) in [7, 11) is -3.88. The third-order valence-corrected chi connectivity index (χ3v) is 13.0. The summed E-state index contributed by atoms with van der Waals surface area (Å²) in [5, 5.41) is 26.9. The molecule has 246 valence electrons. The molecule has 4 aliphatic rings. The molecule has 2 saturated carbocycles. The van der Waals surface area contributed by atoms with Crippen molar-refractivity contribution >= 4 is 44.4 Å². The molecule has 2 bridgehead atoms. The van der Waals surface area contributed by atoms with Gasteiger partial charge in [-0.25, -0.2) is 27.2 Å². The standard InChI is InChI=1S/C30H32ClF3N6O4S2/c1-15-8-16-9-19(12-21(15)30(16,42)14-41)46(43,44)38-18-11-24-25(23-4-6-40(37-23)29(33)34)26(20-3-2-17(32)10-22(20)31)36-27(39(24)13-18)28-35-5-7-45-28/h2-7,10,15-16,18-19,21,26,29,38,41-42H,8-9,11-14H2,1H3/t15-,16?,18-,19+,21?,26-,30?/m0/s1. The molecule has 1 saturated heterocycles. The minimum atomic E-state index is -3.88. The van der Waals surface area contributed by atoms with Crippen molar-refractivity contribution in [3.05, 3.63) is 74.8 Å².